The first kappa shape index (κ1) is 20.6. The van der Waals surface area contributed by atoms with Crippen molar-refractivity contribution in [2.24, 2.45) is 0 Å². The molecule has 0 amide bonds. The molecular formula is C28H31NSi. The van der Waals surface area contributed by atoms with E-state index in [4.69, 9.17) is 4.98 Å². The maximum Gasteiger partial charge on any atom is 0.0804 e. The Hall–Kier alpha value is -2.71. The van der Waals surface area contributed by atoms with Gasteiger partial charge in [0.15, 0.2) is 0 Å². The highest BCUT2D eigenvalue weighted by atomic mass is 28.3. The molecule has 3 aromatic carbocycles. The van der Waals surface area contributed by atoms with Gasteiger partial charge in [-0.25, -0.2) is 4.98 Å². The third kappa shape index (κ3) is 4.10. The molecule has 152 valence electrons. The van der Waals surface area contributed by atoms with Gasteiger partial charge in [0.2, 0.25) is 0 Å². The Bertz CT molecular complexity index is 1190. The summed E-state index contributed by atoms with van der Waals surface area (Å²) >= 11 is 0. The standard InChI is InChI=1S/C28H31NSi/c1-28(2,3)24-14-10-13-23(17-24)27-26(30(4,5)6)19-22-16-15-21(18-25(22)29-27)20-11-8-7-9-12-20/h7-19H,1-6H3. The van der Waals surface area contributed by atoms with Crippen molar-refractivity contribution in [1.29, 1.82) is 0 Å². The zero-order chi connectivity index (χ0) is 21.5. The second kappa shape index (κ2) is 7.52. The van der Waals surface area contributed by atoms with Gasteiger partial charge in [-0.15, -0.1) is 0 Å². The van der Waals surface area contributed by atoms with Crippen LogP contribution in [0.2, 0.25) is 19.6 Å². The molecule has 0 aliphatic heterocycles. The van der Waals surface area contributed by atoms with Crippen LogP contribution in [0.4, 0.5) is 0 Å². The maximum absolute atomic E-state index is 5.26. The highest BCUT2D eigenvalue weighted by Crippen LogP contribution is 2.30. The van der Waals surface area contributed by atoms with Crippen molar-refractivity contribution < 1.29 is 0 Å². The summed E-state index contributed by atoms with van der Waals surface area (Å²) in [6, 6.07) is 28.6. The fourth-order valence-electron chi connectivity index (χ4n) is 3.90. The fourth-order valence-corrected chi connectivity index (χ4v) is 5.40. The topological polar surface area (TPSA) is 12.9 Å². The van der Waals surface area contributed by atoms with Crippen LogP contribution in [0.25, 0.3) is 33.3 Å². The Morgan fingerprint density at radius 1 is 0.667 bits per heavy atom. The van der Waals surface area contributed by atoms with E-state index in [1.54, 1.807) is 0 Å². The molecule has 30 heavy (non-hydrogen) atoms. The van der Waals surface area contributed by atoms with Crippen LogP contribution in [0, 0.1) is 0 Å². The van der Waals surface area contributed by atoms with E-state index in [1.165, 1.54) is 32.8 Å². The van der Waals surface area contributed by atoms with Crippen molar-refractivity contribution in [2.75, 3.05) is 0 Å². The summed E-state index contributed by atoms with van der Waals surface area (Å²) in [5.74, 6) is 0. The second-order valence-corrected chi connectivity index (χ2v) is 15.3. The minimum absolute atomic E-state index is 0.118. The van der Waals surface area contributed by atoms with E-state index in [1.807, 2.05) is 0 Å². The number of pyridine rings is 1. The number of fused-ring (bicyclic) bond motifs is 1. The summed E-state index contributed by atoms with van der Waals surface area (Å²) in [5, 5.41) is 2.65. The molecule has 0 N–H and O–H groups in total. The van der Waals surface area contributed by atoms with Crippen LogP contribution in [0.15, 0.2) is 78.9 Å². The molecule has 1 aromatic heterocycles. The van der Waals surface area contributed by atoms with Crippen molar-refractivity contribution in [3.63, 3.8) is 0 Å². The maximum atomic E-state index is 5.26. The molecule has 0 aliphatic rings. The quantitative estimate of drug-likeness (QED) is 0.321. The van der Waals surface area contributed by atoms with Crippen LogP contribution in [0.3, 0.4) is 0 Å². The minimum atomic E-state index is -1.58. The molecule has 0 aliphatic carbocycles. The smallest absolute Gasteiger partial charge is 0.0804 e. The zero-order valence-corrected chi connectivity index (χ0v) is 20.0. The average Bonchev–Trinajstić information content (AvgIpc) is 2.72. The van der Waals surface area contributed by atoms with Gasteiger partial charge in [-0.05, 0) is 39.4 Å². The molecule has 0 radical (unpaired) electrons. The molecule has 1 heterocycles. The lowest BCUT2D eigenvalue weighted by molar-refractivity contribution is 0.590. The van der Waals surface area contributed by atoms with Gasteiger partial charge >= 0.3 is 0 Å². The van der Waals surface area contributed by atoms with Gasteiger partial charge in [0.1, 0.15) is 0 Å². The lowest BCUT2D eigenvalue weighted by atomic mass is 9.86. The molecule has 0 fully saturated rings. The van der Waals surface area contributed by atoms with Gasteiger partial charge in [-0.3, -0.25) is 0 Å². The average molecular weight is 410 g/mol. The Balaban J connectivity index is 1.95. The summed E-state index contributed by atoms with van der Waals surface area (Å²) in [6.07, 6.45) is 0. The van der Waals surface area contributed by atoms with Crippen LogP contribution in [0.5, 0.6) is 0 Å². The Morgan fingerprint density at radius 3 is 2.03 bits per heavy atom. The number of benzene rings is 3. The van der Waals surface area contributed by atoms with E-state index in [9.17, 15) is 0 Å². The van der Waals surface area contributed by atoms with Crippen molar-refractivity contribution >= 4 is 24.2 Å². The number of nitrogens with zero attached hydrogens (tertiary/aromatic N) is 1. The normalized spacial score (nSPS) is 12.3. The van der Waals surface area contributed by atoms with Gasteiger partial charge in [0.25, 0.3) is 0 Å². The number of hydrogen-bond acceptors (Lipinski definition) is 1. The van der Waals surface area contributed by atoms with E-state index in [2.05, 4.69) is 119 Å². The van der Waals surface area contributed by atoms with Gasteiger partial charge in [-0.2, -0.15) is 0 Å². The van der Waals surface area contributed by atoms with Crippen molar-refractivity contribution in [1.82, 2.24) is 4.98 Å². The highest BCUT2D eigenvalue weighted by molar-refractivity contribution is 6.89. The molecule has 2 heteroatoms. The van der Waals surface area contributed by atoms with E-state index in [-0.39, 0.29) is 5.41 Å². The first-order valence-corrected chi connectivity index (χ1v) is 14.2. The van der Waals surface area contributed by atoms with E-state index in [0.29, 0.717) is 0 Å². The fraction of sp³-hybridized carbons (Fsp3) is 0.250. The summed E-state index contributed by atoms with van der Waals surface area (Å²) in [5.41, 5.74) is 7.35. The monoisotopic (exact) mass is 409 g/mol. The van der Waals surface area contributed by atoms with Crippen LogP contribution >= 0.6 is 0 Å². The van der Waals surface area contributed by atoms with Crippen LogP contribution in [-0.4, -0.2) is 13.1 Å². The Labute approximate surface area is 181 Å². The van der Waals surface area contributed by atoms with Crippen molar-refractivity contribution in [2.45, 2.75) is 45.8 Å². The largest absolute Gasteiger partial charge is 0.248 e. The Kier molecular flexibility index (Phi) is 5.15. The van der Waals surface area contributed by atoms with E-state index in [0.717, 1.165) is 11.2 Å². The molecule has 4 rings (SSSR count). The molecule has 0 atom stereocenters. The molecule has 0 unspecified atom stereocenters. The van der Waals surface area contributed by atoms with Gasteiger partial charge < -0.3 is 0 Å². The number of aromatic nitrogens is 1. The molecule has 0 saturated carbocycles. The molecule has 1 nitrogen and oxygen atoms in total. The summed E-state index contributed by atoms with van der Waals surface area (Å²) in [7, 11) is -1.58. The van der Waals surface area contributed by atoms with Gasteiger partial charge in [0.05, 0.1) is 19.3 Å². The molecule has 0 saturated heterocycles. The predicted octanol–water partition coefficient (Wildman–Crippen LogP) is 7.41. The summed E-state index contributed by atoms with van der Waals surface area (Å²) in [4.78, 5) is 5.26. The minimum Gasteiger partial charge on any atom is -0.248 e. The second-order valence-electron chi connectivity index (χ2n) is 10.2. The van der Waals surface area contributed by atoms with E-state index < -0.39 is 8.07 Å². The third-order valence-corrected chi connectivity index (χ3v) is 7.73. The highest BCUT2D eigenvalue weighted by Gasteiger charge is 2.24. The summed E-state index contributed by atoms with van der Waals surface area (Å²) < 4.78 is 0. The van der Waals surface area contributed by atoms with Crippen molar-refractivity contribution in [3.8, 4) is 22.4 Å². The van der Waals surface area contributed by atoms with Gasteiger partial charge in [-0.1, -0.05) is 107 Å². The molecule has 0 spiro atoms. The van der Waals surface area contributed by atoms with E-state index >= 15 is 0 Å². The van der Waals surface area contributed by atoms with Crippen LogP contribution in [-0.2, 0) is 5.41 Å². The number of hydrogen-bond donors (Lipinski definition) is 0. The first-order valence-electron chi connectivity index (χ1n) is 10.7. The van der Waals surface area contributed by atoms with Crippen LogP contribution < -0.4 is 5.19 Å². The molecule has 4 aromatic rings. The van der Waals surface area contributed by atoms with Crippen LogP contribution in [0.1, 0.15) is 26.3 Å². The molecular weight excluding hydrogens is 378 g/mol. The molecule has 0 bridgehead atoms. The zero-order valence-electron chi connectivity index (χ0n) is 19.0. The first-order chi connectivity index (χ1) is 14.1. The predicted molar refractivity (Wildman–Crippen MR) is 134 cm³/mol. The SMILES string of the molecule is CC(C)(C)c1cccc(-c2nc3cc(-c4ccccc4)ccc3cc2[Si](C)(C)C)c1. The van der Waals surface area contributed by atoms with Gasteiger partial charge in [0, 0.05) is 10.9 Å². The third-order valence-electron chi connectivity index (χ3n) is 5.73. The Morgan fingerprint density at radius 2 is 1.37 bits per heavy atom. The summed E-state index contributed by atoms with van der Waals surface area (Å²) in [6.45, 7) is 14.0. The lowest BCUT2D eigenvalue weighted by Gasteiger charge is -2.23. The lowest BCUT2D eigenvalue weighted by Crippen LogP contribution is -2.39. The van der Waals surface area contributed by atoms with Crippen molar-refractivity contribution in [3.05, 3.63) is 84.4 Å². The number of rotatable bonds is 3.